The van der Waals surface area contributed by atoms with Gasteiger partial charge in [-0.15, -0.1) is 0 Å². The first-order valence-electron chi connectivity index (χ1n) is 10.5. The van der Waals surface area contributed by atoms with Crippen molar-refractivity contribution in [3.63, 3.8) is 0 Å². The third-order valence-corrected chi connectivity index (χ3v) is 4.96. The van der Waals surface area contributed by atoms with Crippen LogP contribution in [-0.4, -0.2) is 40.9 Å². The Balaban J connectivity index is 1.56. The molecule has 0 fully saturated rings. The number of ether oxygens (including phenoxy) is 1. The topological polar surface area (TPSA) is 91.7 Å². The van der Waals surface area contributed by atoms with Gasteiger partial charge in [-0.2, -0.15) is 0 Å². The SMILES string of the molecule is CCCOc1cc(-c2ccc(CCNC[C@H](O)c3cccnc3)cc2)ccc1C(=O)O. The Morgan fingerprint density at radius 2 is 1.90 bits per heavy atom. The summed E-state index contributed by atoms with van der Waals surface area (Å²) in [4.78, 5) is 15.4. The first kappa shape index (κ1) is 22.5. The molecular formula is C25H28N2O4. The minimum Gasteiger partial charge on any atom is -0.493 e. The first-order chi connectivity index (χ1) is 15.1. The van der Waals surface area contributed by atoms with Crippen LogP contribution in [0.25, 0.3) is 11.1 Å². The number of carboxylic acid groups (broad SMARTS) is 1. The van der Waals surface area contributed by atoms with Crippen LogP contribution in [0.5, 0.6) is 5.75 Å². The molecule has 2 aromatic carbocycles. The quantitative estimate of drug-likeness (QED) is 0.405. The Morgan fingerprint density at radius 1 is 1.13 bits per heavy atom. The molecule has 0 spiro atoms. The molecule has 0 amide bonds. The van der Waals surface area contributed by atoms with Crippen LogP contribution < -0.4 is 10.1 Å². The zero-order valence-electron chi connectivity index (χ0n) is 17.6. The fourth-order valence-corrected chi connectivity index (χ4v) is 3.24. The zero-order valence-corrected chi connectivity index (χ0v) is 17.6. The van der Waals surface area contributed by atoms with Crippen LogP contribution in [-0.2, 0) is 6.42 Å². The predicted octanol–water partition coefficient (Wildman–Crippen LogP) is 4.10. The summed E-state index contributed by atoms with van der Waals surface area (Å²) in [5, 5.41) is 22.8. The lowest BCUT2D eigenvalue weighted by Gasteiger charge is -2.12. The number of hydrogen-bond acceptors (Lipinski definition) is 5. The van der Waals surface area contributed by atoms with Gasteiger partial charge in [-0.1, -0.05) is 43.3 Å². The molecule has 0 saturated carbocycles. The van der Waals surface area contributed by atoms with Crippen molar-refractivity contribution in [2.24, 2.45) is 0 Å². The highest BCUT2D eigenvalue weighted by Gasteiger charge is 2.13. The third-order valence-electron chi connectivity index (χ3n) is 4.96. The Hall–Kier alpha value is -3.22. The van der Waals surface area contributed by atoms with E-state index in [1.165, 1.54) is 5.56 Å². The molecule has 0 aliphatic heterocycles. The predicted molar refractivity (Wildman–Crippen MR) is 120 cm³/mol. The molecule has 0 bridgehead atoms. The van der Waals surface area contributed by atoms with Crippen LogP contribution in [0.1, 0.15) is 40.9 Å². The monoisotopic (exact) mass is 420 g/mol. The molecule has 1 aromatic heterocycles. The van der Waals surface area contributed by atoms with Gasteiger partial charge in [0, 0.05) is 24.5 Å². The van der Waals surface area contributed by atoms with Crippen molar-refractivity contribution in [1.82, 2.24) is 10.3 Å². The summed E-state index contributed by atoms with van der Waals surface area (Å²) in [5.74, 6) is -0.596. The lowest BCUT2D eigenvalue weighted by atomic mass is 10.0. The molecule has 0 aliphatic carbocycles. The van der Waals surface area contributed by atoms with E-state index in [0.29, 0.717) is 18.9 Å². The van der Waals surface area contributed by atoms with Crippen LogP contribution in [0.3, 0.4) is 0 Å². The fraction of sp³-hybridized carbons (Fsp3) is 0.280. The van der Waals surface area contributed by atoms with E-state index < -0.39 is 12.1 Å². The molecule has 3 aromatic rings. The molecule has 3 rings (SSSR count). The van der Waals surface area contributed by atoms with Crippen LogP contribution in [0.2, 0.25) is 0 Å². The standard InChI is InChI=1S/C25H28N2O4/c1-2-14-31-24-15-20(9-10-22(24)25(29)30)19-7-5-18(6-8-19)11-13-27-17-23(28)21-4-3-12-26-16-21/h3-10,12,15-16,23,27-28H,2,11,13-14,17H2,1H3,(H,29,30)/t23-/m0/s1. The number of carbonyl (C=O) groups is 1. The van der Waals surface area contributed by atoms with Crippen LogP contribution in [0, 0.1) is 0 Å². The van der Waals surface area contributed by atoms with E-state index in [9.17, 15) is 15.0 Å². The van der Waals surface area contributed by atoms with E-state index in [2.05, 4.69) is 22.4 Å². The molecular weight excluding hydrogens is 392 g/mol. The van der Waals surface area contributed by atoms with Crippen molar-refractivity contribution >= 4 is 5.97 Å². The van der Waals surface area contributed by atoms with Gasteiger partial charge in [0.15, 0.2) is 0 Å². The minimum atomic E-state index is -0.992. The summed E-state index contributed by atoms with van der Waals surface area (Å²) in [6.07, 6.45) is 4.43. The summed E-state index contributed by atoms with van der Waals surface area (Å²) >= 11 is 0. The number of pyridine rings is 1. The molecule has 6 nitrogen and oxygen atoms in total. The van der Waals surface area contributed by atoms with Crippen molar-refractivity contribution in [2.75, 3.05) is 19.7 Å². The normalized spacial score (nSPS) is 11.8. The Kier molecular flexibility index (Phi) is 8.15. The van der Waals surface area contributed by atoms with E-state index in [4.69, 9.17) is 4.74 Å². The average molecular weight is 421 g/mol. The highest BCUT2D eigenvalue weighted by Crippen LogP contribution is 2.28. The summed E-state index contributed by atoms with van der Waals surface area (Å²) in [7, 11) is 0. The zero-order chi connectivity index (χ0) is 22.1. The number of aliphatic hydroxyl groups is 1. The Bertz CT molecular complexity index is 975. The number of hydrogen-bond donors (Lipinski definition) is 3. The molecule has 0 aliphatic rings. The lowest BCUT2D eigenvalue weighted by Crippen LogP contribution is -2.23. The molecule has 0 saturated heterocycles. The van der Waals surface area contributed by atoms with Gasteiger partial charge >= 0.3 is 5.97 Å². The van der Waals surface area contributed by atoms with Crippen LogP contribution in [0.4, 0.5) is 0 Å². The average Bonchev–Trinajstić information content (AvgIpc) is 2.81. The molecule has 6 heteroatoms. The second-order valence-corrected chi connectivity index (χ2v) is 7.32. The van der Waals surface area contributed by atoms with Gasteiger partial charge in [0.05, 0.1) is 12.7 Å². The number of nitrogens with zero attached hydrogens (tertiary/aromatic N) is 1. The van der Waals surface area contributed by atoms with Gasteiger partial charge in [-0.25, -0.2) is 4.79 Å². The fourth-order valence-electron chi connectivity index (χ4n) is 3.24. The van der Waals surface area contributed by atoms with Crippen molar-refractivity contribution in [3.8, 4) is 16.9 Å². The van der Waals surface area contributed by atoms with E-state index in [0.717, 1.165) is 36.1 Å². The summed E-state index contributed by atoms with van der Waals surface area (Å²) in [6.45, 7) is 3.68. The van der Waals surface area contributed by atoms with Gasteiger partial charge in [-0.05, 0) is 54.3 Å². The van der Waals surface area contributed by atoms with Crippen LogP contribution >= 0.6 is 0 Å². The van der Waals surface area contributed by atoms with Gasteiger partial charge in [0.2, 0.25) is 0 Å². The first-order valence-corrected chi connectivity index (χ1v) is 10.5. The minimum absolute atomic E-state index is 0.174. The van der Waals surface area contributed by atoms with Crippen molar-refractivity contribution < 1.29 is 19.7 Å². The summed E-state index contributed by atoms with van der Waals surface area (Å²) in [5.41, 5.74) is 4.07. The second-order valence-electron chi connectivity index (χ2n) is 7.32. The van der Waals surface area contributed by atoms with Crippen molar-refractivity contribution in [2.45, 2.75) is 25.9 Å². The van der Waals surface area contributed by atoms with Gasteiger partial charge in [0.1, 0.15) is 11.3 Å². The van der Waals surface area contributed by atoms with Gasteiger partial charge < -0.3 is 20.3 Å². The van der Waals surface area contributed by atoms with E-state index in [1.54, 1.807) is 30.6 Å². The number of benzene rings is 2. The molecule has 1 heterocycles. The maximum absolute atomic E-state index is 11.4. The Morgan fingerprint density at radius 3 is 2.58 bits per heavy atom. The molecule has 3 N–H and O–H groups in total. The maximum atomic E-state index is 11.4. The largest absolute Gasteiger partial charge is 0.493 e. The number of aromatic nitrogens is 1. The molecule has 0 unspecified atom stereocenters. The van der Waals surface area contributed by atoms with Gasteiger partial charge in [-0.3, -0.25) is 4.98 Å². The summed E-state index contributed by atoms with van der Waals surface area (Å²) in [6, 6.07) is 17.0. The summed E-state index contributed by atoms with van der Waals surface area (Å²) < 4.78 is 5.64. The number of carboxylic acids is 1. The molecule has 0 radical (unpaired) electrons. The molecule has 31 heavy (non-hydrogen) atoms. The number of aliphatic hydroxyl groups excluding tert-OH is 1. The van der Waals surface area contributed by atoms with Crippen LogP contribution in [0.15, 0.2) is 67.0 Å². The highest BCUT2D eigenvalue weighted by atomic mass is 16.5. The maximum Gasteiger partial charge on any atom is 0.339 e. The van der Waals surface area contributed by atoms with Crippen molar-refractivity contribution in [1.29, 1.82) is 0 Å². The number of aromatic carboxylic acids is 1. The third kappa shape index (κ3) is 6.38. The number of rotatable bonds is 11. The Labute approximate surface area is 182 Å². The smallest absolute Gasteiger partial charge is 0.339 e. The molecule has 1 atom stereocenters. The van der Waals surface area contributed by atoms with E-state index >= 15 is 0 Å². The van der Waals surface area contributed by atoms with Gasteiger partial charge in [0.25, 0.3) is 0 Å². The number of nitrogens with one attached hydrogen (secondary N) is 1. The lowest BCUT2D eigenvalue weighted by molar-refractivity contribution is 0.0692. The molecule has 162 valence electrons. The van der Waals surface area contributed by atoms with Crippen molar-refractivity contribution in [3.05, 3.63) is 83.7 Å². The van der Waals surface area contributed by atoms with E-state index in [1.807, 2.05) is 31.2 Å². The van der Waals surface area contributed by atoms with E-state index in [-0.39, 0.29) is 5.56 Å². The highest BCUT2D eigenvalue weighted by molar-refractivity contribution is 5.92. The second kappa shape index (κ2) is 11.2.